The number of hydrogen-bond donors (Lipinski definition) is 0. The lowest BCUT2D eigenvalue weighted by Crippen LogP contribution is -2.03. The van der Waals surface area contributed by atoms with Gasteiger partial charge in [-0.1, -0.05) is 24.3 Å². The largest absolute Gasteiger partial charge is 0.435 e. The predicted molar refractivity (Wildman–Crippen MR) is 79.5 cm³/mol. The van der Waals surface area contributed by atoms with Gasteiger partial charge in [-0.15, -0.1) is 0 Å². The minimum atomic E-state index is -2.98. The van der Waals surface area contributed by atoms with E-state index in [9.17, 15) is 23.7 Å². The molecular weight excluding hydrogens is 308 g/mol. The van der Waals surface area contributed by atoms with Crippen molar-refractivity contribution in [3.05, 3.63) is 75.8 Å². The minimum Gasteiger partial charge on any atom is -0.435 e. The van der Waals surface area contributed by atoms with E-state index in [2.05, 4.69) is 4.74 Å². The van der Waals surface area contributed by atoms with Crippen LogP contribution in [0.15, 0.2) is 54.6 Å². The fourth-order valence-corrected chi connectivity index (χ4v) is 1.88. The molecule has 0 saturated heterocycles. The summed E-state index contributed by atoms with van der Waals surface area (Å²) >= 11 is 0. The van der Waals surface area contributed by atoms with Gasteiger partial charge in [0.15, 0.2) is 5.78 Å². The van der Waals surface area contributed by atoms with Gasteiger partial charge >= 0.3 is 6.61 Å². The van der Waals surface area contributed by atoms with Crippen molar-refractivity contribution in [2.45, 2.75) is 6.61 Å². The topological polar surface area (TPSA) is 69.4 Å². The average molecular weight is 319 g/mol. The molecule has 0 saturated carbocycles. The van der Waals surface area contributed by atoms with Gasteiger partial charge in [0.25, 0.3) is 5.69 Å². The second-order valence-corrected chi connectivity index (χ2v) is 4.42. The minimum absolute atomic E-state index is 0.133. The Labute approximate surface area is 130 Å². The van der Waals surface area contributed by atoms with Crippen molar-refractivity contribution in [3.8, 4) is 5.75 Å². The Kier molecular flexibility index (Phi) is 5.14. The SMILES string of the molecule is O=C(/C=C/c1ccccc1[N+](=O)[O-])c1cccc(OC(F)F)c1. The molecule has 0 fully saturated rings. The molecule has 23 heavy (non-hydrogen) atoms. The molecule has 0 bridgehead atoms. The van der Waals surface area contributed by atoms with Crippen LogP contribution in [0.25, 0.3) is 6.08 Å². The van der Waals surface area contributed by atoms with Gasteiger partial charge in [0.2, 0.25) is 0 Å². The number of alkyl halides is 2. The Morgan fingerprint density at radius 2 is 1.91 bits per heavy atom. The fourth-order valence-electron chi connectivity index (χ4n) is 1.88. The second-order valence-electron chi connectivity index (χ2n) is 4.42. The number of nitro benzene ring substituents is 1. The quantitative estimate of drug-likeness (QED) is 0.348. The average Bonchev–Trinajstić information content (AvgIpc) is 2.52. The number of carbonyl (C=O) groups is 1. The van der Waals surface area contributed by atoms with Crippen LogP contribution in [-0.2, 0) is 0 Å². The first-order valence-corrected chi connectivity index (χ1v) is 6.48. The number of ether oxygens (including phenoxy) is 1. The van der Waals surface area contributed by atoms with Crippen molar-refractivity contribution in [2.24, 2.45) is 0 Å². The summed E-state index contributed by atoms with van der Waals surface area (Å²) in [7, 11) is 0. The van der Waals surface area contributed by atoms with E-state index in [4.69, 9.17) is 0 Å². The Morgan fingerprint density at radius 3 is 2.61 bits per heavy atom. The summed E-state index contributed by atoms with van der Waals surface area (Å²) in [6, 6.07) is 11.3. The van der Waals surface area contributed by atoms with Crippen LogP contribution < -0.4 is 4.74 Å². The van der Waals surface area contributed by atoms with E-state index in [-0.39, 0.29) is 22.6 Å². The number of nitro groups is 1. The van der Waals surface area contributed by atoms with Crippen LogP contribution in [0.5, 0.6) is 5.75 Å². The van der Waals surface area contributed by atoms with Gasteiger partial charge in [-0.3, -0.25) is 14.9 Å². The van der Waals surface area contributed by atoms with Crippen LogP contribution in [0.3, 0.4) is 0 Å². The number of benzene rings is 2. The smallest absolute Gasteiger partial charge is 0.387 e. The van der Waals surface area contributed by atoms with Gasteiger partial charge in [0.05, 0.1) is 10.5 Å². The Bertz CT molecular complexity index is 759. The van der Waals surface area contributed by atoms with Gasteiger partial charge in [-0.05, 0) is 30.4 Å². The Morgan fingerprint density at radius 1 is 1.17 bits per heavy atom. The zero-order valence-corrected chi connectivity index (χ0v) is 11.7. The predicted octanol–water partition coefficient (Wildman–Crippen LogP) is 4.09. The molecule has 7 heteroatoms. The van der Waals surface area contributed by atoms with Crippen LogP contribution in [0.1, 0.15) is 15.9 Å². The molecule has 2 aromatic carbocycles. The summed E-state index contributed by atoms with van der Waals surface area (Å²) in [5.74, 6) is -0.618. The van der Waals surface area contributed by atoms with E-state index in [0.717, 1.165) is 6.08 Å². The van der Waals surface area contributed by atoms with Crippen molar-refractivity contribution in [2.75, 3.05) is 0 Å². The lowest BCUT2D eigenvalue weighted by molar-refractivity contribution is -0.385. The molecule has 0 aromatic heterocycles. The van der Waals surface area contributed by atoms with Crippen LogP contribution >= 0.6 is 0 Å². The normalized spacial score (nSPS) is 10.9. The van der Waals surface area contributed by atoms with Gasteiger partial charge in [0.1, 0.15) is 5.75 Å². The van der Waals surface area contributed by atoms with Crippen LogP contribution in [-0.4, -0.2) is 17.3 Å². The number of hydrogen-bond acceptors (Lipinski definition) is 4. The highest BCUT2D eigenvalue weighted by atomic mass is 19.3. The lowest BCUT2D eigenvalue weighted by Gasteiger charge is -2.05. The maximum absolute atomic E-state index is 12.2. The molecule has 2 aromatic rings. The zero-order valence-electron chi connectivity index (χ0n) is 11.7. The van der Waals surface area contributed by atoms with Gasteiger partial charge < -0.3 is 4.74 Å². The molecule has 5 nitrogen and oxygen atoms in total. The molecule has 0 heterocycles. The third-order valence-corrected chi connectivity index (χ3v) is 2.89. The summed E-state index contributed by atoms with van der Waals surface area (Å²) in [4.78, 5) is 22.4. The van der Waals surface area contributed by atoms with E-state index < -0.39 is 17.3 Å². The van der Waals surface area contributed by atoms with E-state index in [1.54, 1.807) is 6.07 Å². The zero-order chi connectivity index (χ0) is 16.8. The van der Waals surface area contributed by atoms with Crippen LogP contribution in [0.4, 0.5) is 14.5 Å². The third-order valence-electron chi connectivity index (χ3n) is 2.89. The highest BCUT2D eigenvalue weighted by Crippen LogP contribution is 2.20. The summed E-state index contributed by atoms with van der Waals surface area (Å²) in [5.41, 5.74) is 0.273. The molecule has 0 radical (unpaired) electrons. The number of allylic oxidation sites excluding steroid dienone is 1. The molecular formula is C16H11F2NO4. The van der Waals surface area contributed by atoms with Crippen LogP contribution in [0.2, 0.25) is 0 Å². The third kappa shape index (κ3) is 4.44. The first kappa shape index (κ1) is 16.3. The second kappa shape index (κ2) is 7.26. The molecule has 118 valence electrons. The maximum Gasteiger partial charge on any atom is 0.387 e. The Hall–Kier alpha value is -3.09. The number of rotatable bonds is 6. The fraction of sp³-hybridized carbons (Fsp3) is 0.0625. The first-order valence-electron chi connectivity index (χ1n) is 6.48. The number of carbonyl (C=O) groups excluding carboxylic acids is 1. The van der Waals surface area contributed by atoms with Crippen molar-refractivity contribution in [3.63, 3.8) is 0 Å². The van der Waals surface area contributed by atoms with E-state index in [0.29, 0.717) is 0 Å². The van der Waals surface area contributed by atoms with Gasteiger partial charge in [-0.25, -0.2) is 0 Å². The number of halogens is 2. The van der Waals surface area contributed by atoms with Gasteiger partial charge in [0, 0.05) is 11.6 Å². The van der Waals surface area contributed by atoms with Crippen molar-refractivity contribution in [1.29, 1.82) is 0 Å². The van der Waals surface area contributed by atoms with Crippen molar-refractivity contribution < 1.29 is 23.2 Å². The highest BCUT2D eigenvalue weighted by molar-refractivity contribution is 6.07. The summed E-state index contributed by atoms with van der Waals surface area (Å²) < 4.78 is 28.5. The van der Waals surface area contributed by atoms with E-state index >= 15 is 0 Å². The summed E-state index contributed by atoms with van der Waals surface area (Å²) in [5, 5.41) is 10.9. The molecule has 0 aliphatic heterocycles. The van der Waals surface area contributed by atoms with Crippen LogP contribution in [0, 0.1) is 10.1 Å². The number of ketones is 1. The van der Waals surface area contributed by atoms with E-state index in [1.165, 1.54) is 48.5 Å². The number of nitrogens with zero attached hydrogens (tertiary/aromatic N) is 1. The standard InChI is InChI=1S/C16H11F2NO4/c17-16(18)23-13-6-3-5-12(10-13)15(20)9-8-11-4-1-2-7-14(11)19(21)22/h1-10,16H/b9-8+. The molecule has 0 aliphatic carbocycles. The molecule has 0 N–H and O–H groups in total. The van der Waals surface area contributed by atoms with Crippen molar-refractivity contribution >= 4 is 17.5 Å². The summed E-state index contributed by atoms with van der Waals surface area (Å²) in [6.07, 6.45) is 2.45. The Balaban J connectivity index is 2.21. The molecule has 0 unspecified atom stereocenters. The molecule has 0 atom stereocenters. The van der Waals surface area contributed by atoms with Crippen molar-refractivity contribution in [1.82, 2.24) is 0 Å². The molecule has 0 spiro atoms. The van der Waals surface area contributed by atoms with E-state index in [1.807, 2.05) is 0 Å². The highest BCUT2D eigenvalue weighted by Gasteiger charge is 2.11. The molecule has 0 amide bonds. The molecule has 2 rings (SSSR count). The lowest BCUT2D eigenvalue weighted by atomic mass is 10.1. The monoisotopic (exact) mass is 319 g/mol. The molecule has 0 aliphatic rings. The van der Waals surface area contributed by atoms with Gasteiger partial charge in [-0.2, -0.15) is 8.78 Å². The first-order chi connectivity index (χ1) is 11.0. The number of para-hydroxylation sites is 1. The maximum atomic E-state index is 12.2. The summed E-state index contributed by atoms with van der Waals surface area (Å²) in [6.45, 7) is -2.98.